The lowest BCUT2D eigenvalue weighted by molar-refractivity contribution is -0.116. The van der Waals surface area contributed by atoms with Gasteiger partial charge in [-0.05, 0) is 36.2 Å². The normalized spacial score (nSPS) is 18.4. The van der Waals surface area contributed by atoms with Crippen molar-refractivity contribution in [3.63, 3.8) is 0 Å². The van der Waals surface area contributed by atoms with Crippen LogP contribution in [0.1, 0.15) is 36.3 Å². The van der Waals surface area contributed by atoms with Gasteiger partial charge in [-0.2, -0.15) is 5.26 Å². The van der Waals surface area contributed by atoms with E-state index in [1.165, 1.54) is 0 Å². The third-order valence-corrected chi connectivity index (χ3v) is 6.17. The second kappa shape index (κ2) is 8.84. The average Bonchev–Trinajstić information content (AvgIpc) is 2.73. The van der Waals surface area contributed by atoms with Crippen LogP contribution in [0.4, 0.5) is 0 Å². The number of hydrogen-bond donors (Lipinski definition) is 1. The molecule has 31 heavy (non-hydrogen) atoms. The highest BCUT2D eigenvalue weighted by Crippen LogP contribution is 2.44. The van der Waals surface area contributed by atoms with Gasteiger partial charge >= 0.3 is 0 Å². The molecule has 1 atom stereocenters. The van der Waals surface area contributed by atoms with Gasteiger partial charge in [0.05, 0.1) is 10.9 Å². The zero-order valence-corrected chi connectivity index (χ0v) is 18.5. The van der Waals surface area contributed by atoms with Crippen LogP contribution in [0, 0.1) is 11.3 Å². The molecule has 0 bridgehead atoms. The van der Waals surface area contributed by atoms with Crippen molar-refractivity contribution in [1.29, 1.82) is 5.26 Å². The lowest BCUT2D eigenvalue weighted by Gasteiger charge is -2.31. The Balaban J connectivity index is 1.64. The Labute approximate surface area is 194 Å². The fourth-order valence-electron chi connectivity index (χ4n) is 3.80. The van der Waals surface area contributed by atoms with Gasteiger partial charge in [-0.15, -0.1) is 0 Å². The number of carbonyl (C=O) groups excluding carboxylic acids is 1. The van der Waals surface area contributed by atoms with Crippen molar-refractivity contribution in [3.8, 4) is 11.8 Å². The van der Waals surface area contributed by atoms with E-state index in [9.17, 15) is 10.1 Å². The molecule has 1 aliphatic heterocycles. The minimum atomic E-state index is -0.612. The van der Waals surface area contributed by atoms with Crippen LogP contribution in [0.25, 0.3) is 0 Å². The van der Waals surface area contributed by atoms with Crippen LogP contribution in [0.2, 0.25) is 15.1 Å². The summed E-state index contributed by atoms with van der Waals surface area (Å²) < 4.78 is 11.4. The number of rotatable bonds is 4. The average molecular weight is 476 g/mol. The summed E-state index contributed by atoms with van der Waals surface area (Å²) in [5, 5.41) is 11.0. The van der Waals surface area contributed by atoms with Crippen LogP contribution >= 0.6 is 34.8 Å². The SMILES string of the molecule is N#CC1=C(N)OC2=C(C(=O)CCC2)C1c1ccc(OCc2ccc(Cl)cc2Cl)c(Cl)c1. The van der Waals surface area contributed by atoms with E-state index in [1.807, 2.05) is 0 Å². The van der Waals surface area contributed by atoms with Crippen molar-refractivity contribution in [2.24, 2.45) is 5.73 Å². The number of nitrogens with zero attached hydrogens (tertiary/aromatic N) is 1. The predicted octanol–water partition coefficient (Wildman–Crippen LogP) is 6.04. The molecule has 5 nitrogen and oxygen atoms in total. The van der Waals surface area contributed by atoms with Crippen molar-refractivity contribution >= 4 is 40.6 Å². The highest BCUT2D eigenvalue weighted by Gasteiger charge is 2.38. The molecule has 8 heteroatoms. The number of ether oxygens (including phenoxy) is 2. The highest BCUT2D eigenvalue weighted by atomic mass is 35.5. The first-order valence-electron chi connectivity index (χ1n) is 9.59. The number of benzene rings is 2. The molecule has 2 aromatic carbocycles. The maximum absolute atomic E-state index is 12.7. The molecular formula is C23H17Cl3N2O3. The van der Waals surface area contributed by atoms with E-state index in [-0.39, 0.29) is 23.8 Å². The molecule has 1 aliphatic carbocycles. The molecule has 2 aliphatic rings. The largest absolute Gasteiger partial charge is 0.487 e. The fourth-order valence-corrected chi connectivity index (χ4v) is 4.50. The molecular weight excluding hydrogens is 459 g/mol. The third kappa shape index (κ3) is 4.24. The first-order valence-corrected chi connectivity index (χ1v) is 10.7. The quantitative estimate of drug-likeness (QED) is 0.582. The van der Waals surface area contributed by atoms with Gasteiger partial charge < -0.3 is 15.2 Å². The summed E-state index contributed by atoms with van der Waals surface area (Å²) in [4.78, 5) is 12.7. The zero-order valence-electron chi connectivity index (χ0n) is 16.3. The first-order chi connectivity index (χ1) is 14.9. The summed E-state index contributed by atoms with van der Waals surface area (Å²) in [5.41, 5.74) is 8.10. The Bertz CT molecular complexity index is 1180. The predicted molar refractivity (Wildman–Crippen MR) is 119 cm³/mol. The highest BCUT2D eigenvalue weighted by molar-refractivity contribution is 6.35. The number of nitriles is 1. The van der Waals surface area contributed by atoms with Gasteiger partial charge in [0, 0.05) is 34.0 Å². The smallest absolute Gasteiger partial charge is 0.205 e. The molecule has 0 amide bonds. The number of allylic oxidation sites excluding steroid dienone is 3. The van der Waals surface area contributed by atoms with Gasteiger partial charge in [-0.1, -0.05) is 46.9 Å². The van der Waals surface area contributed by atoms with Crippen LogP contribution in [0.15, 0.2) is 59.2 Å². The minimum Gasteiger partial charge on any atom is -0.487 e. The Morgan fingerprint density at radius 1 is 1.13 bits per heavy atom. The number of nitrogens with two attached hydrogens (primary N) is 1. The van der Waals surface area contributed by atoms with Gasteiger partial charge in [-0.25, -0.2) is 0 Å². The molecule has 2 N–H and O–H groups in total. The van der Waals surface area contributed by atoms with Crippen molar-refractivity contribution in [3.05, 3.63) is 85.4 Å². The van der Waals surface area contributed by atoms with Gasteiger partial charge in [0.1, 0.15) is 29.8 Å². The Hall–Kier alpha value is -2.65. The number of carbonyl (C=O) groups is 1. The Morgan fingerprint density at radius 2 is 1.94 bits per heavy atom. The molecule has 0 spiro atoms. The second-order valence-corrected chi connectivity index (χ2v) is 8.50. The second-order valence-electron chi connectivity index (χ2n) is 7.25. The van der Waals surface area contributed by atoms with Gasteiger partial charge in [0.2, 0.25) is 5.88 Å². The van der Waals surface area contributed by atoms with E-state index in [1.54, 1.807) is 36.4 Å². The van der Waals surface area contributed by atoms with E-state index in [2.05, 4.69) is 6.07 Å². The number of Topliss-reactive ketones (excluding diaryl/α,β-unsaturated/α-hetero) is 1. The maximum atomic E-state index is 12.7. The lowest BCUT2D eigenvalue weighted by Crippen LogP contribution is -2.27. The van der Waals surface area contributed by atoms with Gasteiger partial charge in [0.15, 0.2) is 5.78 Å². The van der Waals surface area contributed by atoms with E-state index in [0.29, 0.717) is 57.0 Å². The van der Waals surface area contributed by atoms with Gasteiger partial charge in [0.25, 0.3) is 0 Å². The third-order valence-electron chi connectivity index (χ3n) is 5.29. The summed E-state index contributed by atoms with van der Waals surface area (Å²) >= 11 is 18.6. The van der Waals surface area contributed by atoms with Gasteiger partial charge in [-0.3, -0.25) is 4.79 Å². The molecule has 0 saturated carbocycles. The summed E-state index contributed by atoms with van der Waals surface area (Å²) in [5.74, 6) is 0.351. The fraction of sp³-hybridized carbons (Fsp3) is 0.217. The lowest BCUT2D eigenvalue weighted by atomic mass is 9.77. The number of halogens is 3. The van der Waals surface area contributed by atoms with Crippen LogP contribution in [0.5, 0.6) is 5.75 Å². The van der Waals surface area contributed by atoms with Crippen molar-refractivity contribution in [2.75, 3.05) is 0 Å². The molecule has 158 valence electrons. The summed E-state index contributed by atoms with van der Waals surface area (Å²) in [6.45, 7) is 0.205. The number of hydrogen-bond acceptors (Lipinski definition) is 5. The number of ketones is 1. The molecule has 2 aromatic rings. The van der Waals surface area contributed by atoms with Crippen molar-refractivity contribution in [2.45, 2.75) is 31.8 Å². The molecule has 1 unspecified atom stereocenters. The molecule has 1 heterocycles. The van der Waals surface area contributed by atoms with E-state index < -0.39 is 5.92 Å². The first kappa shape index (κ1) is 21.6. The minimum absolute atomic E-state index is 0.0229. The summed E-state index contributed by atoms with van der Waals surface area (Å²) in [7, 11) is 0. The van der Waals surface area contributed by atoms with Crippen LogP contribution < -0.4 is 10.5 Å². The standard InChI is InChI=1S/C23H17Cl3N2O3/c24-14-6-4-13(16(25)9-14)11-30-19-7-5-12(8-17(19)26)21-15(10-27)23(28)31-20-3-1-2-18(29)22(20)21/h4-9,21H,1-3,11,28H2. The van der Waals surface area contributed by atoms with E-state index in [4.69, 9.17) is 50.0 Å². The van der Waals surface area contributed by atoms with E-state index in [0.717, 1.165) is 5.56 Å². The zero-order chi connectivity index (χ0) is 22.1. The summed E-state index contributed by atoms with van der Waals surface area (Å²) in [6.07, 6.45) is 1.71. The van der Waals surface area contributed by atoms with Crippen LogP contribution in [-0.2, 0) is 16.1 Å². The van der Waals surface area contributed by atoms with Crippen molar-refractivity contribution < 1.29 is 14.3 Å². The molecule has 0 radical (unpaired) electrons. The van der Waals surface area contributed by atoms with Crippen LogP contribution in [-0.4, -0.2) is 5.78 Å². The Kier molecular flexibility index (Phi) is 6.15. The molecule has 0 saturated heterocycles. The van der Waals surface area contributed by atoms with Crippen molar-refractivity contribution in [1.82, 2.24) is 0 Å². The van der Waals surface area contributed by atoms with Crippen LogP contribution in [0.3, 0.4) is 0 Å². The molecule has 0 fully saturated rings. The topological polar surface area (TPSA) is 85.3 Å². The molecule has 4 rings (SSSR count). The summed E-state index contributed by atoms with van der Waals surface area (Å²) in [6, 6.07) is 12.4. The molecule has 0 aromatic heterocycles. The van der Waals surface area contributed by atoms with E-state index >= 15 is 0 Å². The Morgan fingerprint density at radius 3 is 2.65 bits per heavy atom. The monoisotopic (exact) mass is 474 g/mol. The maximum Gasteiger partial charge on any atom is 0.205 e.